The van der Waals surface area contributed by atoms with E-state index in [1.807, 2.05) is 0 Å². The largest absolute Gasteiger partial charge is 0.374 e. The van der Waals surface area contributed by atoms with Crippen LogP contribution in [0.3, 0.4) is 0 Å². The van der Waals surface area contributed by atoms with E-state index in [1.54, 1.807) is 0 Å². The van der Waals surface area contributed by atoms with Crippen molar-refractivity contribution in [1.82, 2.24) is 5.32 Å². The van der Waals surface area contributed by atoms with E-state index >= 15 is 0 Å². The molecule has 0 aromatic heterocycles. The molecule has 0 atom stereocenters. The van der Waals surface area contributed by atoms with Gasteiger partial charge < -0.3 is 10.1 Å². The van der Waals surface area contributed by atoms with Crippen LogP contribution in [0.15, 0.2) is 0 Å². The molecule has 0 bridgehead atoms. The van der Waals surface area contributed by atoms with E-state index in [9.17, 15) is 0 Å². The third kappa shape index (κ3) is 8.52. The molecule has 0 aromatic carbocycles. The summed E-state index contributed by atoms with van der Waals surface area (Å²) >= 11 is 0. The van der Waals surface area contributed by atoms with Gasteiger partial charge in [-0.05, 0) is 32.2 Å². The van der Waals surface area contributed by atoms with Crippen LogP contribution in [-0.2, 0) is 4.74 Å². The summed E-state index contributed by atoms with van der Waals surface area (Å²) in [5, 5.41) is 3.31. The molecule has 2 nitrogen and oxygen atoms in total. The highest BCUT2D eigenvalue weighted by molar-refractivity contribution is 4.72. The molecule has 1 N–H and O–H groups in total. The van der Waals surface area contributed by atoms with Gasteiger partial charge in [0.15, 0.2) is 0 Å². The fourth-order valence-corrected chi connectivity index (χ4v) is 1.11. The third-order valence-corrected chi connectivity index (χ3v) is 2.15. The topological polar surface area (TPSA) is 21.3 Å². The average Bonchev–Trinajstić information content (AvgIpc) is 1.98. The molecule has 0 unspecified atom stereocenters. The summed E-state index contributed by atoms with van der Waals surface area (Å²) < 4.78 is 5.85. The van der Waals surface area contributed by atoms with Gasteiger partial charge in [-0.25, -0.2) is 0 Å². The smallest absolute Gasteiger partial charge is 0.0750 e. The lowest BCUT2D eigenvalue weighted by molar-refractivity contribution is -0.0259. The molecule has 0 rings (SSSR count). The molecule has 0 heterocycles. The number of nitrogens with one attached hydrogen (secondary N) is 1. The Labute approximate surface area is 89.4 Å². The average molecular weight is 201 g/mol. The van der Waals surface area contributed by atoms with Gasteiger partial charge in [0.1, 0.15) is 0 Å². The van der Waals surface area contributed by atoms with Gasteiger partial charge in [0.05, 0.1) is 5.60 Å². The SMILES string of the molecule is CCNCC(C)(C)OCCC(C)(C)C. The number of hydrogen-bond acceptors (Lipinski definition) is 2. The number of likely N-dealkylation sites (N-methyl/N-ethyl adjacent to an activating group) is 1. The van der Waals surface area contributed by atoms with Crippen LogP contribution in [0.2, 0.25) is 0 Å². The fourth-order valence-electron chi connectivity index (χ4n) is 1.11. The van der Waals surface area contributed by atoms with Crippen molar-refractivity contribution < 1.29 is 4.74 Å². The summed E-state index contributed by atoms with van der Waals surface area (Å²) in [5.74, 6) is 0. The molecular weight excluding hydrogens is 174 g/mol. The summed E-state index contributed by atoms with van der Waals surface area (Å²) in [5.41, 5.74) is 0.329. The highest BCUT2D eigenvalue weighted by Crippen LogP contribution is 2.19. The van der Waals surface area contributed by atoms with E-state index in [2.05, 4.69) is 46.9 Å². The van der Waals surface area contributed by atoms with Crippen LogP contribution in [0, 0.1) is 5.41 Å². The molecule has 14 heavy (non-hydrogen) atoms. The van der Waals surface area contributed by atoms with Gasteiger partial charge in [-0.1, -0.05) is 27.7 Å². The normalized spacial score (nSPS) is 13.3. The summed E-state index contributed by atoms with van der Waals surface area (Å²) in [7, 11) is 0. The van der Waals surface area contributed by atoms with Gasteiger partial charge in [-0.2, -0.15) is 0 Å². The number of hydrogen-bond donors (Lipinski definition) is 1. The first-order valence-corrected chi connectivity index (χ1v) is 5.61. The van der Waals surface area contributed by atoms with Crippen LogP contribution >= 0.6 is 0 Å². The Morgan fingerprint density at radius 1 is 1.07 bits per heavy atom. The minimum atomic E-state index is -0.0404. The molecule has 0 aliphatic heterocycles. The monoisotopic (exact) mass is 201 g/mol. The second-order valence-electron chi connectivity index (χ2n) is 5.70. The summed E-state index contributed by atoms with van der Waals surface area (Å²) in [4.78, 5) is 0. The van der Waals surface area contributed by atoms with Gasteiger partial charge in [0.25, 0.3) is 0 Å². The Kier molecular flexibility index (Phi) is 5.68. The minimum Gasteiger partial charge on any atom is -0.374 e. The zero-order chi connectivity index (χ0) is 11.2. The molecule has 0 aliphatic carbocycles. The maximum Gasteiger partial charge on any atom is 0.0750 e. The Balaban J connectivity index is 3.65. The quantitative estimate of drug-likeness (QED) is 0.713. The van der Waals surface area contributed by atoms with Crippen molar-refractivity contribution in [2.75, 3.05) is 19.7 Å². The van der Waals surface area contributed by atoms with E-state index in [0.717, 1.165) is 26.1 Å². The first-order valence-electron chi connectivity index (χ1n) is 5.61. The Hall–Kier alpha value is -0.0800. The predicted molar refractivity (Wildman–Crippen MR) is 62.6 cm³/mol. The molecular formula is C12H27NO. The van der Waals surface area contributed by atoms with Crippen molar-refractivity contribution in [1.29, 1.82) is 0 Å². The standard InChI is InChI=1S/C12H27NO/c1-7-13-10-12(5,6)14-9-8-11(2,3)4/h13H,7-10H2,1-6H3. The lowest BCUT2D eigenvalue weighted by Crippen LogP contribution is -2.38. The van der Waals surface area contributed by atoms with Gasteiger partial charge >= 0.3 is 0 Å². The second-order valence-corrected chi connectivity index (χ2v) is 5.70. The van der Waals surface area contributed by atoms with Crippen LogP contribution in [0.5, 0.6) is 0 Å². The van der Waals surface area contributed by atoms with Crippen molar-refractivity contribution in [3.05, 3.63) is 0 Å². The van der Waals surface area contributed by atoms with Crippen molar-refractivity contribution in [3.8, 4) is 0 Å². The van der Waals surface area contributed by atoms with E-state index in [4.69, 9.17) is 4.74 Å². The molecule has 0 amide bonds. The molecule has 2 heteroatoms. The van der Waals surface area contributed by atoms with Crippen molar-refractivity contribution >= 4 is 0 Å². The summed E-state index contributed by atoms with van der Waals surface area (Å²) in [6, 6.07) is 0. The highest BCUT2D eigenvalue weighted by Gasteiger charge is 2.19. The van der Waals surface area contributed by atoms with E-state index < -0.39 is 0 Å². The van der Waals surface area contributed by atoms with Gasteiger partial charge in [0.2, 0.25) is 0 Å². The number of rotatable bonds is 6. The molecule has 0 saturated carbocycles. The van der Waals surface area contributed by atoms with Crippen LogP contribution < -0.4 is 5.32 Å². The van der Waals surface area contributed by atoms with Crippen LogP contribution in [-0.4, -0.2) is 25.3 Å². The van der Waals surface area contributed by atoms with Gasteiger partial charge in [-0.3, -0.25) is 0 Å². The molecule has 0 radical (unpaired) electrons. The minimum absolute atomic E-state index is 0.0404. The first kappa shape index (κ1) is 13.9. The Bertz CT molecular complexity index is 147. The fraction of sp³-hybridized carbons (Fsp3) is 1.00. The van der Waals surface area contributed by atoms with Crippen molar-refractivity contribution in [2.24, 2.45) is 5.41 Å². The van der Waals surface area contributed by atoms with Crippen molar-refractivity contribution in [2.45, 2.75) is 53.6 Å². The lowest BCUT2D eigenvalue weighted by atomic mass is 9.93. The van der Waals surface area contributed by atoms with Crippen LogP contribution in [0.4, 0.5) is 0 Å². The maximum absolute atomic E-state index is 5.85. The summed E-state index contributed by atoms with van der Waals surface area (Å²) in [6.07, 6.45) is 1.11. The van der Waals surface area contributed by atoms with Crippen LogP contribution in [0.25, 0.3) is 0 Å². The van der Waals surface area contributed by atoms with Gasteiger partial charge in [0, 0.05) is 13.2 Å². The highest BCUT2D eigenvalue weighted by atomic mass is 16.5. The lowest BCUT2D eigenvalue weighted by Gasteiger charge is -2.27. The van der Waals surface area contributed by atoms with Crippen LogP contribution in [0.1, 0.15) is 48.0 Å². The molecule has 0 aliphatic rings. The zero-order valence-corrected chi connectivity index (χ0v) is 10.7. The second kappa shape index (κ2) is 5.72. The zero-order valence-electron chi connectivity index (χ0n) is 10.7. The predicted octanol–water partition coefficient (Wildman–Crippen LogP) is 2.83. The molecule has 0 saturated heterocycles. The third-order valence-electron chi connectivity index (χ3n) is 2.15. The summed E-state index contributed by atoms with van der Waals surface area (Å²) in [6.45, 7) is 15.9. The van der Waals surface area contributed by atoms with E-state index in [-0.39, 0.29) is 5.60 Å². The molecule has 0 spiro atoms. The Morgan fingerprint density at radius 3 is 2.07 bits per heavy atom. The van der Waals surface area contributed by atoms with Crippen molar-refractivity contribution in [3.63, 3.8) is 0 Å². The first-order chi connectivity index (χ1) is 6.27. The number of ether oxygens (including phenoxy) is 1. The molecule has 86 valence electrons. The van der Waals surface area contributed by atoms with E-state index in [0.29, 0.717) is 5.41 Å². The van der Waals surface area contributed by atoms with E-state index in [1.165, 1.54) is 0 Å². The van der Waals surface area contributed by atoms with Gasteiger partial charge in [-0.15, -0.1) is 0 Å². The Morgan fingerprint density at radius 2 is 1.64 bits per heavy atom. The maximum atomic E-state index is 5.85. The molecule has 0 aromatic rings. The molecule has 0 fully saturated rings.